The fourth-order valence-corrected chi connectivity index (χ4v) is 3.82. The van der Waals surface area contributed by atoms with E-state index in [1.165, 1.54) is 16.9 Å². The molecule has 152 valence electrons. The van der Waals surface area contributed by atoms with Gasteiger partial charge in [-0.15, -0.1) is 11.3 Å². The number of carbonyl (C=O) groups excluding carboxylic acids is 1. The van der Waals surface area contributed by atoms with Crippen molar-refractivity contribution in [3.8, 4) is 17.0 Å². The van der Waals surface area contributed by atoms with Crippen LogP contribution in [0.15, 0.2) is 54.6 Å². The molecule has 0 aliphatic carbocycles. The second-order valence-electron chi connectivity index (χ2n) is 8.06. The van der Waals surface area contributed by atoms with Crippen LogP contribution in [0.1, 0.15) is 44.1 Å². The topological polar surface area (TPSA) is 51.2 Å². The van der Waals surface area contributed by atoms with Crippen LogP contribution in [0.25, 0.3) is 11.3 Å². The Balaban J connectivity index is 1.45. The van der Waals surface area contributed by atoms with E-state index in [1.54, 1.807) is 0 Å². The van der Waals surface area contributed by atoms with Gasteiger partial charge >= 0.3 is 0 Å². The lowest BCUT2D eigenvalue weighted by Crippen LogP contribution is -2.13. The van der Waals surface area contributed by atoms with Crippen molar-refractivity contribution in [2.45, 2.75) is 46.0 Å². The van der Waals surface area contributed by atoms with Gasteiger partial charge in [-0.2, -0.15) is 0 Å². The van der Waals surface area contributed by atoms with Crippen LogP contribution in [0.3, 0.4) is 0 Å². The van der Waals surface area contributed by atoms with E-state index in [1.807, 2.05) is 49.4 Å². The molecule has 3 rings (SSSR count). The van der Waals surface area contributed by atoms with E-state index < -0.39 is 0 Å². The fourth-order valence-electron chi connectivity index (χ4n) is 2.97. The zero-order valence-electron chi connectivity index (χ0n) is 17.5. The second kappa shape index (κ2) is 9.23. The normalized spacial score (nSPS) is 11.3. The number of aromatic nitrogens is 1. The van der Waals surface area contributed by atoms with E-state index in [0.29, 0.717) is 24.6 Å². The number of nitrogens with one attached hydrogen (secondary N) is 1. The van der Waals surface area contributed by atoms with Gasteiger partial charge in [0.15, 0.2) is 5.13 Å². The van der Waals surface area contributed by atoms with Crippen LogP contribution in [0.4, 0.5) is 5.13 Å². The third kappa shape index (κ3) is 5.91. The van der Waals surface area contributed by atoms with Crippen molar-refractivity contribution in [2.75, 3.05) is 11.9 Å². The summed E-state index contributed by atoms with van der Waals surface area (Å²) >= 11 is 1.50. The zero-order valence-corrected chi connectivity index (χ0v) is 18.3. The number of aryl methyl sites for hydroxylation is 1. The van der Waals surface area contributed by atoms with Gasteiger partial charge in [-0.3, -0.25) is 4.79 Å². The molecule has 0 spiro atoms. The van der Waals surface area contributed by atoms with Gasteiger partial charge < -0.3 is 10.1 Å². The molecule has 3 aromatic rings. The Morgan fingerprint density at radius 2 is 1.76 bits per heavy atom. The summed E-state index contributed by atoms with van der Waals surface area (Å²) in [4.78, 5) is 17.9. The van der Waals surface area contributed by atoms with Crippen molar-refractivity contribution in [3.63, 3.8) is 0 Å². The van der Waals surface area contributed by atoms with E-state index in [2.05, 4.69) is 43.2 Å². The molecule has 0 bridgehead atoms. The Morgan fingerprint density at radius 1 is 1.07 bits per heavy atom. The molecule has 29 heavy (non-hydrogen) atoms. The summed E-state index contributed by atoms with van der Waals surface area (Å²) in [5.74, 6) is 0.798. The summed E-state index contributed by atoms with van der Waals surface area (Å²) < 4.78 is 5.76. The van der Waals surface area contributed by atoms with Crippen molar-refractivity contribution in [3.05, 3.63) is 65.0 Å². The molecule has 1 N–H and O–H groups in total. The molecular weight excluding hydrogens is 380 g/mol. The SMILES string of the molecule is Cc1sc(NC(=O)CCCOc2ccc(C(C)(C)C)cc2)nc1-c1ccccc1. The molecule has 2 aromatic carbocycles. The van der Waals surface area contributed by atoms with E-state index in [-0.39, 0.29) is 11.3 Å². The molecule has 1 amide bonds. The van der Waals surface area contributed by atoms with Gasteiger partial charge in [0.25, 0.3) is 0 Å². The maximum Gasteiger partial charge on any atom is 0.226 e. The predicted octanol–water partition coefficient (Wildman–Crippen LogP) is 6.21. The van der Waals surface area contributed by atoms with Crippen LogP contribution in [0, 0.1) is 6.92 Å². The number of hydrogen-bond donors (Lipinski definition) is 1. The number of hydrogen-bond acceptors (Lipinski definition) is 4. The lowest BCUT2D eigenvalue weighted by molar-refractivity contribution is -0.116. The Labute approximate surface area is 177 Å². The highest BCUT2D eigenvalue weighted by atomic mass is 32.1. The summed E-state index contributed by atoms with van der Waals surface area (Å²) in [6, 6.07) is 18.2. The van der Waals surface area contributed by atoms with Crippen LogP contribution in [-0.4, -0.2) is 17.5 Å². The third-order valence-corrected chi connectivity index (χ3v) is 5.51. The number of benzene rings is 2. The number of thiazole rings is 1. The van der Waals surface area contributed by atoms with Crippen LogP contribution in [0.2, 0.25) is 0 Å². The van der Waals surface area contributed by atoms with Crippen molar-refractivity contribution >= 4 is 22.4 Å². The largest absolute Gasteiger partial charge is 0.494 e. The molecular formula is C24H28N2O2S. The monoisotopic (exact) mass is 408 g/mol. The molecule has 0 atom stereocenters. The molecule has 0 aliphatic rings. The quantitative estimate of drug-likeness (QED) is 0.473. The van der Waals surface area contributed by atoms with Gasteiger partial charge in [-0.25, -0.2) is 4.98 Å². The van der Waals surface area contributed by atoms with Gasteiger partial charge in [0, 0.05) is 16.9 Å². The van der Waals surface area contributed by atoms with E-state index in [9.17, 15) is 4.79 Å². The fraction of sp³-hybridized carbons (Fsp3) is 0.333. The van der Waals surface area contributed by atoms with Gasteiger partial charge in [0.2, 0.25) is 5.91 Å². The van der Waals surface area contributed by atoms with Gasteiger partial charge in [-0.1, -0.05) is 63.2 Å². The number of amides is 1. The number of ether oxygens (including phenoxy) is 1. The number of carbonyl (C=O) groups is 1. The highest BCUT2D eigenvalue weighted by Gasteiger charge is 2.13. The maximum absolute atomic E-state index is 12.2. The summed E-state index contributed by atoms with van der Waals surface area (Å²) in [5, 5.41) is 3.55. The number of nitrogens with zero attached hydrogens (tertiary/aromatic N) is 1. The zero-order chi connectivity index (χ0) is 20.9. The van der Waals surface area contributed by atoms with Gasteiger partial charge in [-0.05, 0) is 36.5 Å². The van der Waals surface area contributed by atoms with Crippen LogP contribution < -0.4 is 10.1 Å². The molecule has 0 radical (unpaired) electrons. The summed E-state index contributed by atoms with van der Waals surface area (Å²) in [7, 11) is 0. The molecule has 0 saturated carbocycles. The molecule has 5 heteroatoms. The van der Waals surface area contributed by atoms with Crippen LogP contribution in [0.5, 0.6) is 5.75 Å². The maximum atomic E-state index is 12.2. The Bertz CT molecular complexity index is 941. The molecule has 4 nitrogen and oxygen atoms in total. The average Bonchev–Trinajstić information content (AvgIpc) is 3.05. The standard InChI is InChI=1S/C24H28N2O2S/c1-17-22(18-9-6-5-7-10-18)26-23(29-17)25-21(27)11-8-16-28-20-14-12-19(13-15-20)24(2,3)4/h5-7,9-10,12-15H,8,11,16H2,1-4H3,(H,25,26,27). The minimum Gasteiger partial charge on any atom is -0.494 e. The second-order valence-corrected chi connectivity index (χ2v) is 9.27. The Morgan fingerprint density at radius 3 is 2.41 bits per heavy atom. The number of rotatable bonds is 7. The summed E-state index contributed by atoms with van der Waals surface area (Å²) in [5.41, 5.74) is 3.39. The van der Waals surface area contributed by atoms with E-state index in [0.717, 1.165) is 21.9 Å². The third-order valence-electron chi connectivity index (χ3n) is 4.63. The highest BCUT2D eigenvalue weighted by molar-refractivity contribution is 7.16. The van der Waals surface area contributed by atoms with Crippen molar-refractivity contribution in [1.82, 2.24) is 4.98 Å². The first-order valence-corrected chi connectivity index (χ1v) is 10.7. The molecule has 0 fully saturated rings. The smallest absolute Gasteiger partial charge is 0.226 e. The Kier molecular flexibility index (Phi) is 6.70. The van der Waals surface area contributed by atoms with Crippen LogP contribution in [-0.2, 0) is 10.2 Å². The lowest BCUT2D eigenvalue weighted by atomic mass is 9.87. The van der Waals surface area contributed by atoms with Crippen molar-refractivity contribution < 1.29 is 9.53 Å². The summed E-state index contributed by atoms with van der Waals surface area (Å²) in [6.07, 6.45) is 1.06. The van der Waals surface area contributed by atoms with Crippen LogP contribution >= 0.6 is 11.3 Å². The lowest BCUT2D eigenvalue weighted by Gasteiger charge is -2.19. The number of anilines is 1. The highest BCUT2D eigenvalue weighted by Crippen LogP contribution is 2.30. The first-order chi connectivity index (χ1) is 13.8. The predicted molar refractivity (Wildman–Crippen MR) is 121 cm³/mol. The van der Waals surface area contributed by atoms with Crippen molar-refractivity contribution in [2.24, 2.45) is 0 Å². The minimum atomic E-state index is -0.0370. The molecule has 1 aromatic heterocycles. The Hall–Kier alpha value is -2.66. The molecule has 0 aliphatic heterocycles. The average molecular weight is 409 g/mol. The van der Waals surface area contributed by atoms with Gasteiger partial charge in [0.1, 0.15) is 5.75 Å². The first kappa shape index (κ1) is 21.1. The molecule has 1 heterocycles. The first-order valence-electron chi connectivity index (χ1n) is 9.89. The van der Waals surface area contributed by atoms with E-state index in [4.69, 9.17) is 4.74 Å². The molecule has 0 unspecified atom stereocenters. The summed E-state index contributed by atoms with van der Waals surface area (Å²) in [6.45, 7) is 9.10. The molecule has 0 saturated heterocycles. The van der Waals surface area contributed by atoms with E-state index >= 15 is 0 Å². The minimum absolute atomic E-state index is 0.0370. The van der Waals surface area contributed by atoms with Crippen molar-refractivity contribution in [1.29, 1.82) is 0 Å². The van der Waals surface area contributed by atoms with Gasteiger partial charge in [0.05, 0.1) is 12.3 Å².